The van der Waals surface area contributed by atoms with Gasteiger partial charge in [0.1, 0.15) is 0 Å². The number of nitrogens with zero attached hydrogens (tertiary/aromatic N) is 1. The van der Waals surface area contributed by atoms with E-state index in [1.807, 2.05) is 0 Å². The molecular formula is C7H13NO5S. The molecule has 1 aliphatic carbocycles. The van der Waals surface area contributed by atoms with E-state index in [4.69, 9.17) is 4.55 Å². The molecule has 0 aromatic carbocycles. The van der Waals surface area contributed by atoms with Crippen LogP contribution in [0.2, 0.25) is 0 Å². The molecule has 1 aliphatic rings. The van der Waals surface area contributed by atoms with Crippen molar-refractivity contribution in [1.29, 1.82) is 0 Å². The number of hydrogen-bond acceptors (Lipinski definition) is 4. The summed E-state index contributed by atoms with van der Waals surface area (Å²) < 4.78 is 23.1. The molecule has 1 rings (SSSR count). The summed E-state index contributed by atoms with van der Waals surface area (Å²) in [4.78, 5) is 10.4. The fraction of sp³-hybridized carbons (Fsp3) is 1.00. The van der Waals surface area contributed by atoms with Crippen LogP contribution in [0.4, 0.5) is 0 Å². The van der Waals surface area contributed by atoms with Crippen molar-refractivity contribution in [3.8, 4) is 0 Å². The van der Waals surface area contributed by atoms with Crippen molar-refractivity contribution in [2.45, 2.75) is 31.7 Å². The molecule has 6 nitrogen and oxygen atoms in total. The molecule has 1 saturated carbocycles. The predicted octanol–water partition coefficient (Wildman–Crippen LogP) is 0.975. The smallest absolute Gasteiger partial charge is 0.284 e. The molecule has 1 N–H and O–H groups in total. The molecular weight excluding hydrogens is 210 g/mol. The van der Waals surface area contributed by atoms with Gasteiger partial charge in [0.15, 0.2) is 0 Å². The molecule has 1 fully saturated rings. The lowest BCUT2D eigenvalue weighted by atomic mass is 10.0. The number of hydrogen-bond donors (Lipinski definition) is 1. The zero-order valence-corrected chi connectivity index (χ0v) is 8.66. The quantitative estimate of drug-likeness (QED) is 0.436. The van der Waals surface area contributed by atoms with Crippen molar-refractivity contribution < 1.29 is 17.9 Å². The maximum absolute atomic E-state index is 10.7. The average molecular weight is 223 g/mol. The minimum atomic E-state index is -2.27. The van der Waals surface area contributed by atoms with E-state index in [9.17, 15) is 14.3 Å². The summed E-state index contributed by atoms with van der Waals surface area (Å²) in [6.45, 7) is 1.72. The van der Waals surface area contributed by atoms with Crippen LogP contribution in [0.15, 0.2) is 0 Å². The minimum absolute atomic E-state index is 0.0153. The SMILES string of the molecule is CC1([N+](=O)[O-])CCC(COS(=O)O)C1. The van der Waals surface area contributed by atoms with E-state index in [1.54, 1.807) is 6.92 Å². The molecule has 3 unspecified atom stereocenters. The fourth-order valence-electron chi connectivity index (χ4n) is 1.80. The monoisotopic (exact) mass is 223 g/mol. The Bertz CT molecular complexity index is 258. The third-order valence-electron chi connectivity index (χ3n) is 2.66. The van der Waals surface area contributed by atoms with Gasteiger partial charge in [-0.3, -0.25) is 18.9 Å². The van der Waals surface area contributed by atoms with Crippen LogP contribution in [-0.2, 0) is 15.5 Å². The molecule has 0 radical (unpaired) electrons. The molecule has 82 valence electrons. The molecule has 0 saturated heterocycles. The predicted molar refractivity (Wildman–Crippen MR) is 49.5 cm³/mol. The van der Waals surface area contributed by atoms with Gasteiger partial charge in [-0.05, 0) is 12.3 Å². The van der Waals surface area contributed by atoms with E-state index in [0.29, 0.717) is 19.3 Å². The van der Waals surface area contributed by atoms with E-state index in [0.717, 1.165) is 0 Å². The molecule has 7 heteroatoms. The van der Waals surface area contributed by atoms with Crippen LogP contribution in [-0.4, -0.2) is 25.8 Å². The first-order chi connectivity index (χ1) is 6.44. The first kappa shape index (κ1) is 11.5. The lowest BCUT2D eigenvalue weighted by molar-refractivity contribution is -0.564. The maximum atomic E-state index is 10.7. The standard InChI is InChI=1S/C7H13NO5S/c1-7(8(9)10)3-2-6(4-7)5-13-14(11)12/h6H,2-5H2,1H3,(H,11,12). The Morgan fingerprint density at radius 2 is 2.43 bits per heavy atom. The highest BCUT2D eigenvalue weighted by Gasteiger charge is 2.45. The number of rotatable bonds is 4. The lowest BCUT2D eigenvalue weighted by Gasteiger charge is -2.13. The van der Waals surface area contributed by atoms with Crippen molar-refractivity contribution in [2.75, 3.05) is 6.61 Å². The molecule has 14 heavy (non-hydrogen) atoms. The highest BCUT2D eigenvalue weighted by molar-refractivity contribution is 7.74. The molecule has 0 heterocycles. The highest BCUT2D eigenvalue weighted by Crippen LogP contribution is 2.36. The maximum Gasteiger partial charge on any atom is 0.301 e. The molecule has 0 spiro atoms. The first-order valence-electron chi connectivity index (χ1n) is 4.33. The Kier molecular flexibility index (Phi) is 3.57. The third kappa shape index (κ3) is 2.73. The Labute approximate surface area is 84.3 Å². The van der Waals surface area contributed by atoms with Gasteiger partial charge in [0.05, 0.1) is 6.61 Å². The van der Waals surface area contributed by atoms with Crippen LogP contribution >= 0.6 is 0 Å². The van der Waals surface area contributed by atoms with Crippen LogP contribution in [0.3, 0.4) is 0 Å². The Balaban J connectivity index is 2.41. The van der Waals surface area contributed by atoms with E-state index < -0.39 is 16.9 Å². The van der Waals surface area contributed by atoms with Gasteiger partial charge < -0.3 is 0 Å². The van der Waals surface area contributed by atoms with Crippen molar-refractivity contribution >= 4 is 11.4 Å². The van der Waals surface area contributed by atoms with Gasteiger partial charge in [0.2, 0.25) is 5.54 Å². The summed E-state index contributed by atoms with van der Waals surface area (Å²) in [5.41, 5.74) is -0.884. The van der Waals surface area contributed by atoms with E-state index in [-0.39, 0.29) is 17.4 Å². The van der Waals surface area contributed by atoms with E-state index >= 15 is 0 Å². The van der Waals surface area contributed by atoms with Gasteiger partial charge in [0, 0.05) is 24.7 Å². The van der Waals surface area contributed by atoms with E-state index in [2.05, 4.69) is 4.18 Å². The van der Waals surface area contributed by atoms with Crippen molar-refractivity contribution in [3.05, 3.63) is 10.1 Å². The number of nitro groups is 1. The van der Waals surface area contributed by atoms with Gasteiger partial charge in [-0.15, -0.1) is 0 Å². The van der Waals surface area contributed by atoms with Crippen LogP contribution in [0.5, 0.6) is 0 Å². The summed E-state index contributed by atoms with van der Waals surface area (Å²) in [6, 6.07) is 0. The minimum Gasteiger partial charge on any atom is -0.284 e. The lowest BCUT2D eigenvalue weighted by Crippen LogP contribution is -2.31. The van der Waals surface area contributed by atoms with Crippen molar-refractivity contribution in [3.63, 3.8) is 0 Å². The summed E-state index contributed by atoms with van der Waals surface area (Å²) in [6.07, 6.45) is 1.60. The second-order valence-corrected chi connectivity index (χ2v) is 4.53. The highest BCUT2D eigenvalue weighted by atomic mass is 32.2. The van der Waals surface area contributed by atoms with Gasteiger partial charge in [-0.25, -0.2) is 0 Å². The largest absolute Gasteiger partial charge is 0.301 e. The molecule has 0 amide bonds. The second kappa shape index (κ2) is 4.33. The molecule has 0 aliphatic heterocycles. The van der Waals surface area contributed by atoms with Crippen LogP contribution < -0.4 is 0 Å². The summed E-state index contributed by atoms with van der Waals surface area (Å²) in [5.74, 6) is 0.0153. The Hall–Kier alpha value is -0.530. The molecule has 0 bridgehead atoms. The van der Waals surface area contributed by atoms with Gasteiger partial charge >= 0.3 is 11.4 Å². The fourth-order valence-corrected chi connectivity index (χ4v) is 2.11. The zero-order chi connectivity index (χ0) is 10.8. The average Bonchev–Trinajstić information content (AvgIpc) is 2.45. The van der Waals surface area contributed by atoms with Crippen molar-refractivity contribution in [2.24, 2.45) is 5.92 Å². The second-order valence-electron chi connectivity index (χ2n) is 3.86. The normalized spacial score (nSPS) is 34.3. The summed E-state index contributed by atoms with van der Waals surface area (Å²) in [7, 11) is 0. The molecule has 3 atom stereocenters. The molecule has 0 aromatic heterocycles. The van der Waals surface area contributed by atoms with Crippen LogP contribution in [0, 0.1) is 16.0 Å². The summed E-state index contributed by atoms with van der Waals surface area (Å²) in [5, 5.41) is 10.7. The third-order valence-corrected chi connectivity index (χ3v) is 3.00. The van der Waals surface area contributed by atoms with Gasteiger partial charge in [-0.1, -0.05) is 0 Å². The summed E-state index contributed by atoms with van der Waals surface area (Å²) >= 11 is -2.27. The Morgan fingerprint density at radius 3 is 2.86 bits per heavy atom. The van der Waals surface area contributed by atoms with Gasteiger partial charge in [0.25, 0.3) is 0 Å². The van der Waals surface area contributed by atoms with Crippen molar-refractivity contribution in [1.82, 2.24) is 0 Å². The van der Waals surface area contributed by atoms with Gasteiger partial charge in [-0.2, -0.15) is 4.21 Å². The Morgan fingerprint density at radius 1 is 1.79 bits per heavy atom. The van der Waals surface area contributed by atoms with Crippen LogP contribution in [0.25, 0.3) is 0 Å². The molecule has 0 aromatic rings. The zero-order valence-electron chi connectivity index (χ0n) is 7.84. The van der Waals surface area contributed by atoms with Crippen LogP contribution in [0.1, 0.15) is 26.2 Å². The topological polar surface area (TPSA) is 89.7 Å². The van der Waals surface area contributed by atoms with E-state index in [1.165, 1.54) is 0 Å². The first-order valence-corrected chi connectivity index (χ1v) is 5.36.